The lowest BCUT2D eigenvalue weighted by Crippen LogP contribution is -2.15. The quantitative estimate of drug-likeness (QED) is 0.707. The minimum absolute atomic E-state index is 0.0342. The molecule has 0 unspecified atom stereocenters. The van der Waals surface area contributed by atoms with E-state index in [0.29, 0.717) is 5.76 Å². The van der Waals surface area contributed by atoms with Crippen molar-refractivity contribution in [3.05, 3.63) is 39.9 Å². The first-order valence-electron chi connectivity index (χ1n) is 4.72. The van der Waals surface area contributed by atoms with E-state index >= 15 is 0 Å². The lowest BCUT2D eigenvalue weighted by atomic mass is 10.2. The Morgan fingerprint density at radius 1 is 1.47 bits per heavy atom. The molecule has 17 heavy (non-hydrogen) atoms. The summed E-state index contributed by atoms with van der Waals surface area (Å²) in [6, 6.07) is 3.75. The molecule has 0 aliphatic heterocycles. The van der Waals surface area contributed by atoms with E-state index in [1.165, 1.54) is 6.07 Å². The highest BCUT2D eigenvalue weighted by Crippen LogP contribution is 2.10. The van der Waals surface area contributed by atoms with E-state index in [4.69, 9.17) is 9.63 Å². The molecule has 88 valence electrons. The first-order valence-corrected chi connectivity index (χ1v) is 4.72. The van der Waals surface area contributed by atoms with Crippen molar-refractivity contribution in [1.82, 2.24) is 10.1 Å². The number of H-pyrrole nitrogens is 1. The highest BCUT2D eigenvalue weighted by molar-refractivity contribution is 6.03. The predicted molar refractivity (Wildman–Crippen MR) is 57.9 cm³/mol. The topological polar surface area (TPSA) is 108 Å². The Kier molecular flexibility index (Phi) is 2.65. The summed E-state index contributed by atoms with van der Waals surface area (Å²) in [4.78, 5) is 24.8. The molecule has 1 amide bonds. The summed E-state index contributed by atoms with van der Waals surface area (Å²) in [5.74, 6) is -0.139. The van der Waals surface area contributed by atoms with Crippen LogP contribution in [0.25, 0.3) is 0 Å². The largest absolute Gasteiger partial charge is 0.494 e. The molecule has 2 heterocycles. The minimum Gasteiger partial charge on any atom is -0.494 e. The molecule has 0 fully saturated rings. The number of carbonyl (C=O) groups is 1. The normalized spacial score (nSPS) is 10.2. The average Bonchev–Trinajstić information content (AvgIpc) is 2.62. The maximum Gasteiger partial charge on any atom is 0.257 e. The molecular weight excluding hydrogens is 226 g/mol. The standard InChI is InChI=1S/C10H9N3O4/c1-5-2-7(13-17-5)11-10(16)6-3-8(14)12-9(15)4-6/h2-4H,1H3,(H,11,13,16)(H2,12,14,15). The first kappa shape index (κ1) is 10.9. The Morgan fingerprint density at radius 3 is 2.82 bits per heavy atom. The molecule has 2 aromatic heterocycles. The van der Waals surface area contributed by atoms with Gasteiger partial charge >= 0.3 is 0 Å². The summed E-state index contributed by atoms with van der Waals surface area (Å²) in [5.41, 5.74) is -0.529. The van der Waals surface area contributed by atoms with Gasteiger partial charge in [0.1, 0.15) is 5.76 Å². The Morgan fingerprint density at radius 2 is 2.24 bits per heavy atom. The zero-order valence-electron chi connectivity index (χ0n) is 8.85. The summed E-state index contributed by atoms with van der Waals surface area (Å²) in [6.07, 6.45) is 0. The van der Waals surface area contributed by atoms with Crippen LogP contribution in [0.1, 0.15) is 16.1 Å². The van der Waals surface area contributed by atoms with Gasteiger partial charge in [-0.2, -0.15) is 0 Å². The lowest BCUT2D eigenvalue weighted by Gasteiger charge is -2.00. The van der Waals surface area contributed by atoms with Crippen molar-refractivity contribution >= 4 is 11.7 Å². The number of carbonyl (C=O) groups excluding carboxylic acids is 1. The van der Waals surface area contributed by atoms with Crippen molar-refractivity contribution in [3.63, 3.8) is 0 Å². The van der Waals surface area contributed by atoms with Crippen LogP contribution in [0.2, 0.25) is 0 Å². The molecule has 0 bridgehead atoms. The van der Waals surface area contributed by atoms with Crippen LogP contribution in [0.5, 0.6) is 5.88 Å². The molecule has 3 N–H and O–H groups in total. The van der Waals surface area contributed by atoms with Gasteiger partial charge in [-0.05, 0) is 6.92 Å². The van der Waals surface area contributed by atoms with Crippen LogP contribution < -0.4 is 10.9 Å². The third kappa shape index (κ3) is 2.51. The molecule has 0 saturated heterocycles. The van der Waals surface area contributed by atoms with Gasteiger partial charge in [0, 0.05) is 18.2 Å². The molecule has 0 atom stereocenters. The third-order valence-electron chi connectivity index (χ3n) is 1.96. The van der Waals surface area contributed by atoms with Crippen molar-refractivity contribution in [2.45, 2.75) is 6.92 Å². The number of aromatic hydroxyl groups is 1. The van der Waals surface area contributed by atoms with Crippen molar-refractivity contribution in [3.8, 4) is 5.88 Å². The van der Waals surface area contributed by atoms with Crippen LogP contribution in [-0.4, -0.2) is 21.2 Å². The Bertz CT molecular complexity index is 614. The van der Waals surface area contributed by atoms with E-state index in [1.807, 2.05) is 0 Å². The number of pyridine rings is 1. The minimum atomic E-state index is -0.563. The van der Waals surface area contributed by atoms with E-state index in [-0.39, 0.29) is 17.3 Å². The number of amides is 1. The number of nitrogens with zero attached hydrogens (tertiary/aromatic N) is 1. The molecule has 7 nitrogen and oxygen atoms in total. The molecule has 0 spiro atoms. The fourth-order valence-corrected chi connectivity index (χ4v) is 1.27. The summed E-state index contributed by atoms with van der Waals surface area (Å²) >= 11 is 0. The van der Waals surface area contributed by atoms with Gasteiger partial charge in [0.2, 0.25) is 0 Å². The number of aromatic amines is 1. The van der Waals surface area contributed by atoms with Gasteiger partial charge < -0.3 is 14.9 Å². The van der Waals surface area contributed by atoms with Gasteiger partial charge in [-0.25, -0.2) is 0 Å². The molecule has 0 saturated carbocycles. The Labute approximate surface area is 95.1 Å². The number of nitrogens with one attached hydrogen (secondary N) is 2. The number of anilines is 1. The summed E-state index contributed by atoms with van der Waals surface area (Å²) in [5, 5.41) is 15.1. The van der Waals surface area contributed by atoms with Crippen molar-refractivity contribution in [1.29, 1.82) is 0 Å². The van der Waals surface area contributed by atoms with Crippen molar-refractivity contribution < 1.29 is 14.4 Å². The molecular formula is C10H9N3O4. The number of hydrogen-bond acceptors (Lipinski definition) is 5. The second-order valence-corrected chi connectivity index (χ2v) is 3.40. The Balaban J connectivity index is 2.22. The molecule has 0 aromatic carbocycles. The smallest absolute Gasteiger partial charge is 0.257 e. The maximum absolute atomic E-state index is 11.7. The number of rotatable bonds is 2. The molecule has 7 heteroatoms. The molecule has 2 rings (SSSR count). The van der Waals surface area contributed by atoms with E-state index < -0.39 is 11.5 Å². The van der Waals surface area contributed by atoms with E-state index in [2.05, 4.69) is 15.5 Å². The Hall–Kier alpha value is -2.57. The fraction of sp³-hybridized carbons (Fsp3) is 0.100. The van der Waals surface area contributed by atoms with Gasteiger partial charge in [0.05, 0.1) is 5.56 Å². The average molecular weight is 235 g/mol. The van der Waals surface area contributed by atoms with Crippen molar-refractivity contribution in [2.24, 2.45) is 0 Å². The van der Waals surface area contributed by atoms with Gasteiger partial charge in [-0.3, -0.25) is 14.6 Å². The van der Waals surface area contributed by atoms with Crippen LogP contribution in [-0.2, 0) is 0 Å². The number of hydrogen-bond donors (Lipinski definition) is 3. The van der Waals surface area contributed by atoms with Crippen LogP contribution >= 0.6 is 0 Å². The molecule has 0 aliphatic carbocycles. The van der Waals surface area contributed by atoms with Crippen molar-refractivity contribution in [2.75, 3.05) is 5.32 Å². The molecule has 0 aliphatic rings. The highest BCUT2D eigenvalue weighted by atomic mass is 16.5. The van der Waals surface area contributed by atoms with Gasteiger partial charge in [0.15, 0.2) is 11.7 Å². The zero-order valence-corrected chi connectivity index (χ0v) is 8.85. The van der Waals surface area contributed by atoms with Crippen LogP contribution in [0.4, 0.5) is 5.82 Å². The SMILES string of the molecule is Cc1cc(NC(=O)c2cc(O)[nH]c(=O)c2)no1. The van der Waals surface area contributed by atoms with Crippen LogP contribution in [0.15, 0.2) is 27.5 Å². The van der Waals surface area contributed by atoms with E-state index in [0.717, 1.165) is 12.1 Å². The molecule has 2 aromatic rings. The summed E-state index contributed by atoms with van der Waals surface area (Å²) in [7, 11) is 0. The maximum atomic E-state index is 11.7. The van der Waals surface area contributed by atoms with E-state index in [9.17, 15) is 9.59 Å². The third-order valence-corrected chi connectivity index (χ3v) is 1.96. The fourth-order valence-electron chi connectivity index (χ4n) is 1.27. The first-order chi connectivity index (χ1) is 8.04. The second-order valence-electron chi connectivity index (χ2n) is 3.40. The predicted octanol–water partition coefficient (Wildman–Crippen LogP) is 0.629. The lowest BCUT2D eigenvalue weighted by molar-refractivity contribution is 0.102. The van der Waals surface area contributed by atoms with Gasteiger partial charge in [-0.1, -0.05) is 5.16 Å². The summed E-state index contributed by atoms with van der Waals surface area (Å²) in [6.45, 7) is 1.68. The molecule has 0 radical (unpaired) electrons. The van der Waals surface area contributed by atoms with E-state index in [1.54, 1.807) is 6.92 Å². The van der Waals surface area contributed by atoms with Crippen LogP contribution in [0, 0.1) is 6.92 Å². The zero-order chi connectivity index (χ0) is 12.4. The van der Waals surface area contributed by atoms with Gasteiger partial charge in [0.25, 0.3) is 11.5 Å². The number of aromatic nitrogens is 2. The second kappa shape index (κ2) is 4.12. The summed E-state index contributed by atoms with van der Waals surface area (Å²) < 4.78 is 4.77. The monoisotopic (exact) mass is 235 g/mol. The number of aryl methyl sites for hydroxylation is 1. The highest BCUT2D eigenvalue weighted by Gasteiger charge is 2.10. The van der Waals surface area contributed by atoms with Gasteiger partial charge in [-0.15, -0.1) is 0 Å². The van der Waals surface area contributed by atoms with Crippen LogP contribution in [0.3, 0.4) is 0 Å².